The van der Waals surface area contributed by atoms with Gasteiger partial charge in [-0.05, 0) is 42.9 Å². The zero-order chi connectivity index (χ0) is 19.7. The van der Waals surface area contributed by atoms with Crippen molar-refractivity contribution < 1.29 is 19.1 Å². The lowest BCUT2D eigenvalue weighted by atomic mass is 9.76. The number of carbonyl (C=O) groups is 3. The van der Waals surface area contributed by atoms with Gasteiger partial charge in [-0.1, -0.05) is 54.1 Å². The van der Waals surface area contributed by atoms with Crippen molar-refractivity contribution in [3.8, 4) is 0 Å². The van der Waals surface area contributed by atoms with Crippen molar-refractivity contribution in [3.63, 3.8) is 0 Å². The molecule has 1 spiro atoms. The van der Waals surface area contributed by atoms with E-state index in [1.54, 1.807) is 0 Å². The molecule has 2 aromatic carbocycles. The number of hydrogen-bond donors (Lipinski definition) is 1. The summed E-state index contributed by atoms with van der Waals surface area (Å²) in [5.74, 6) is -0.984. The van der Waals surface area contributed by atoms with E-state index in [0.717, 1.165) is 40.0 Å². The number of amides is 3. The van der Waals surface area contributed by atoms with Crippen molar-refractivity contribution in [1.29, 1.82) is 0 Å². The van der Waals surface area contributed by atoms with Gasteiger partial charge >= 0.3 is 12.0 Å². The van der Waals surface area contributed by atoms with Gasteiger partial charge in [-0.25, -0.2) is 4.79 Å². The summed E-state index contributed by atoms with van der Waals surface area (Å²) in [5, 5.41) is 2.84. The molecule has 1 atom stereocenters. The lowest BCUT2D eigenvalue weighted by Crippen LogP contribution is -2.46. The Morgan fingerprint density at radius 2 is 1.89 bits per heavy atom. The number of imide groups is 1. The van der Waals surface area contributed by atoms with E-state index in [1.807, 2.05) is 55.5 Å². The summed E-state index contributed by atoms with van der Waals surface area (Å²) in [4.78, 5) is 38.9. The SMILES string of the molecule is Cc1ccc(COC(=O)CN2C(=O)NC3(CCCc4ccccc43)C2=O)cc1. The van der Waals surface area contributed by atoms with Crippen LogP contribution < -0.4 is 5.32 Å². The van der Waals surface area contributed by atoms with E-state index in [1.165, 1.54) is 0 Å². The molecule has 1 N–H and O–H groups in total. The van der Waals surface area contributed by atoms with Gasteiger partial charge in [-0.15, -0.1) is 0 Å². The van der Waals surface area contributed by atoms with Crippen LogP contribution >= 0.6 is 0 Å². The van der Waals surface area contributed by atoms with Crippen LogP contribution in [0.25, 0.3) is 0 Å². The molecule has 1 aliphatic carbocycles. The average molecular weight is 378 g/mol. The van der Waals surface area contributed by atoms with Crippen molar-refractivity contribution >= 4 is 17.9 Å². The highest BCUT2D eigenvalue weighted by molar-refractivity contribution is 6.09. The monoisotopic (exact) mass is 378 g/mol. The maximum Gasteiger partial charge on any atom is 0.326 e. The van der Waals surface area contributed by atoms with Crippen molar-refractivity contribution in [2.24, 2.45) is 0 Å². The molecule has 6 heteroatoms. The van der Waals surface area contributed by atoms with Gasteiger partial charge in [0.15, 0.2) is 0 Å². The Kier molecular flexibility index (Phi) is 4.63. The fourth-order valence-corrected chi connectivity index (χ4v) is 3.98. The summed E-state index contributed by atoms with van der Waals surface area (Å²) >= 11 is 0. The Bertz CT molecular complexity index is 938. The van der Waals surface area contributed by atoms with Crippen LogP contribution in [-0.4, -0.2) is 29.4 Å². The van der Waals surface area contributed by atoms with Gasteiger partial charge in [0, 0.05) is 0 Å². The first-order valence-electron chi connectivity index (χ1n) is 9.43. The summed E-state index contributed by atoms with van der Waals surface area (Å²) in [6.45, 7) is 1.70. The number of hydrogen-bond acceptors (Lipinski definition) is 4. The van der Waals surface area contributed by atoms with Gasteiger partial charge in [0.1, 0.15) is 18.7 Å². The maximum atomic E-state index is 13.1. The van der Waals surface area contributed by atoms with Crippen molar-refractivity contribution in [2.75, 3.05) is 6.54 Å². The van der Waals surface area contributed by atoms with Gasteiger partial charge in [0.05, 0.1) is 0 Å². The predicted molar refractivity (Wildman–Crippen MR) is 102 cm³/mol. The van der Waals surface area contributed by atoms with Crippen LogP contribution in [0, 0.1) is 6.92 Å². The van der Waals surface area contributed by atoms with Crippen molar-refractivity contribution in [1.82, 2.24) is 10.2 Å². The number of carbonyl (C=O) groups excluding carboxylic acids is 3. The molecule has 28 heavy (non-hydrogen) atoms. The lowest BCUT2D eigenvalue weighted by molar-refractivity contribution is -0.149. The number of esters is 1. The number of ether oxygens (including phenoxy) is 1. The van der Waals surface area contributed by atoms with Gasteiger partial charge < -0.3 is 10.1 Å². The van der Waals surface area contributed by atoms with Crippen molar-refractivity contribution in [2.45, 2.75) is 38.3 Å². The zero-order valence-electron chi connectivity index (χ0n) is 15.7. The van der Waals surface area contributed by atoms with Gasteiger partial charge in [-0.2, -0.15) is 0 Å². The van der Waals surface area contributed by atoms with E-state index in [0.29, 0.717) is 6.42 Å². The first kappa shape index (κ1) is 18.2. The normalized spacial score (nSPS) is 20.8. The second-order valence-corrected chi connectivity index (χ2v) is 7.38. The molecular weight excluding hydrogens is 356 g/mol. The molecule has 2 aliphatic rings. The van der Waals surface area contributed by atoms with Crippen LogP contribution in [0.4, 0.5) is 4.79 Å². The third-order valence-electron chi connectivity index (χ3n) is 5.46. The quantitative estimate of drug-likeness (QED) is 0.656. The molecule has 0 saturated carbocycles. The highest BCUT2D eigenvalue weighted by Gasteiger charge is 2.54. The number of rotatable bonds is 4. The highest BCUT2D eigenvalue weighted by Crippen LogP contribution is 2.39. The summed E-state index contributed by atoms with van der Waals surface area (Å²) in [5.41, 5.74) is 2.80. The largest absolute Gasteiger partial charge is 0.459 e. The van der Waals surface area contributed by atoms with E-state index >= 15 is 0 Å². The van der Waals surface area contributed by atoms with Crippen LogP contribution in [0.2, 0.25) is 0 Å². The molecule has 6 nitrogen and oxygen atoms in total. The molecule has 4 rings (SSSR count). The summed E-state index contributed by atoms with van der Waals surface area (Å²) in [6, 6.07) is 14.7. The van der Waals surface area contributed by atoms with Crippen LogP contribution in [0.5, 0.6) is 0 Å². The second-order valence-electron chi connectivity index (χ2n) is 7.38. The Morgan fingerprint density at radius 1 is 1.14 bits per heavy atom. The van der Waals surface area contributed by atoms with Crippen LogP contribution in [0.15, 0.2) is 48.5 Å². The Morgan fingerprint density at radius 3 is 2.68 bits per heavy atom. The molecule has 1 fully saturated rings. The fourth-order valence-electron chi connectivity index (χ4n) is 3.98. The molecule has 1 saturated heterocycles. The topological polar surface area (TPSA) is 75.7 Å². The van der Waals surface area contributed by atoms with Gasteiger partial charge in [0.25, 0.3) is 5.91 Å². The molecule has 3 amide bonds. The molecule has 0 radical (unpaired) electrons. The molecule has 1 aliphatic heterocycles. The smallest absolute Gasteiger partial charge is 0.326 e. The molecule has 2 aromatic rings. The minimum Gasteiger partial charge on any atom is -0.459 e. The van der Waals surface area contributed by atoms with Crippen LogP contribution in [0.1, 0.15) is 35.1 Å². The van der Waals surface area contributed by atoms with E-state index < -0.39 is 17.5 Å². The summed E-state index contributed by atoms with van der Waals surface area (Å²) in [6.07, 6.45) is 2.21. The van der Waals surface area contributed by atoms with Crippen molar-refractivity contribution in [3.05, 3.63) is 70.8 Å². The predicted octanol–water partition coefficient (Wildman–Crippen LogP) is 2.82. The standard InChI is InChI=1S/C22H22N2O4/c1-15-8-10-16(11-9-15)14-28-19(25)13-24-20(26)22(23-21(24)27)12-4-6-17-5-2-3-7-18(17)22/h2-3,5,7-11H,4,6,12-14H2,1H3,(H,23,27). The summed E-state index contributed by atoms with van der Waals surface area (Å²) < 4.78 is 5.26. The van der Waals surface area contributed by atoms with Crippen LogP contribution in [0.3, 0.4) is 0 Å². The number of nitrogens with zero attached hydrogens (tertiary/aromatic N) is 1. The van der Waals surface area contributed by atoms with E-state index in [2.05, 4.69) is 5.32 Å². The molecule has 0 aromatic heterocycles. The Balaban J connectivity index is 1.46. The molecule has 144 valence electrons. The maximum absolute atomic E-state index is 13.1. The van der Waals surface area contributed by atoms with E-state index in [4.69, 9.17) is 4.74 Å². The number of urea groups is 1. The average Bonchev–Trinajstić information content (AvgIpc) is 2.93. The first-order valence-corrected chi connectivity index (χ1v) is 9.43. The third kappa shape index (κ3) is 3.15. The fraction of sp³-hybridized carbons (Fsp3) is 0.318. The number of benzene rings is 2. The van der Waals surface area contributed by atoms with E-state index in [9.17, 15) is 14.4 Å². The molecule has 0 bridgehead atoms. The van der Waals surface area contributed by atoms with Gasteiger partial charge in [0.2, 0.25) is 0 Å². The number of fused-ring (bicyclic) bond motifs is 2. The lowest BCUT2D eigenvalue weighted by Gasteiger charge is -2.33. The summed E-state index contributed by atoms with van der Waals surface area (Å²) in [7, 11) is 0. The zero-order valence-corrected chi connectivity index (χ0v) is 15.7. The third-order valence-corrected chi connectivity index (χ3v) is 5.46. The minimum atomic E-state index is -1.07. The molecular formula is C22H22N2O4. The molecule has 1 heterocycles. The second kappa shape index (κ2) is 7.11. The Labute approximate surface area is 163 Å². The Hall–Kier alpha value is -3.15. The van der Waals surface area contributed by atoms with E-state index in [-0.39, 0.29) is 19.1 Å². The van der Waals surface area contributed by atoms with Gasteiger partial charge in [-0.3, -0.25) is 14.5 Å². The van der Waals surface area contributed by atoms with Crippen LogP contribution in [-0.2, 0) is 32.9 Å². The number of nitrogens with one attached hydrogen (secondary N) is 1. The highest BCUT2D eigenvalue weighted by atomic mass is 16.5. The molecule has 1 unspecified atom stereocenters. The minimum absolute atomic E-state index is 0.108. The first-order chi connectivity index (χ1) is 13.5. The number of aryl methyl sites for hydroxylation is 2.